The Morgan fingerprint density at radius 3 is 2.95 bits per heavy atom. The maximum atomic E-state index is 11.8. The molecule has 5 nitrogen and oxygen atoms in total. The van der Waals surface area contributed by atoms with Crippen molar-refractivity contribution in [2.75, 3.05) is 17.7 Å². The van der Waals surface area contributed by atoms with Crippen LogP contribution >= 0.6 is 22.9 Å². The number of aromatic nitrogens is 1. The number of halogens is 1. The number of rotatable bonds is 4. The van der Waals surface area contributed by atoms with E-state index in [4.69, 9.17) is 11.6 Å². The van der Waals surface area contributed by atoms with Crippen molar-refractivity contribution in [3.05, 3.63) is 10.6 Å². The van der Waals surface area contributed by atoms with Gasteiger partial charge in [0.2, 0.25) is 11.8 Å². The van der Waals surface area contributed by atoms with E-state index in [1.54, 1.807) is 0 Å². The van der Waals surface area contributed by atoms with E-state index in [1.807, 2.05) is 4.90 Å². The largest absolute Gasteiger partial charge is 0.337 e. The number of thiazole rings is 1. The molecule has 2 aliphatic rings. The Morgan fingerprint density at radius 1 is 1.45 bits per heavy atom. The first-order valence-corrected chi connectivity index (χ1v) is 8.15. The molecule has 1 N–H and O–H groups in total. The molecule has 0 aromatic carbocycles. The number of carbonyl (C=O) groups is 2. The highest BCUT2D eigenvalue weighted by Crippen LogP contribution is 2.33. The SMILES string of the molecule is O=C(Nc1nc2c(s1)CN(C(=O)CCCl)CC2)C1CC1. The lowest BCUT2D eigenvalue weighted by atomic mass is 10.1. The first-order valence-electron chi connectivity index (χ1n) is 6.80. The summed E-state index contributed by atoms with van der Waals surface area (Å²) in [6.07, 6.45) is 3.09. The van der Waals surface area contributed by atoms with E-state index < -0.39 is 0 Å². The second kappa shape index (κ2) is 5.69. The molecule has 1 aromatic heterocycles. The van der Waals surface area contributed by atoms with Crippen molar-refractivity contribution < 1.29 is 9.59 Å². The molecule has 0 spiro atoms. The third-order valence-electron chi connectivity index (χ3n) is 3.57. The molecule has 1 fully saturated rings. The lowest BCUT2D eigenvalue weighted by molar-refractivity contribution is -0.131. The summed E-state index contributed by atoms with van der Waals surface area (Å²) in [5.74, 6) is 0.694. The molecule has 1 saturated carbocycles. The van der Waals surface area contributed by atoms with Crippen LogP contribution in [0.1, 0.15) is 29.8 Å². The smallest absolute Gasteiger partial charge is 0.229 e. The van der Waals surface area contributed by atoms with Crippen LogP contribution < -0.4 is 5.32 Å². The van der Waals surface area contributed by atoms with Gasteiger partial charge in [0.1, 0.15) is 0 Å². The number of amides is 2. The maximum Gasteiger partial charge on any atom is 0.229 e. The van der Waals surface area contributed by atoms with Crippen LogP contribution in [0, 0.1) is 5.92 Å². The van der Waals surface area contributed by atoms with E-state index in [-0.39, 0.29) is 17.7 Å². The van der Waals surface area contributed by atoms with E-state index in [0.717, 1.165) is 29.8 Å². The number of fused-ring (bicyclic) bond motifs is 1. The third-order valence-corrected chi connectivity index (χ3v) is 4.76. The summed E-state index contributed by atoms with van der Waals surface area (Å²) < 4.78 is 0. The van der Waals surface area contributed by atoms with Crippen molar-refractivity contribution in [3.63, 3.8) is 0 Å². The highest BCUT2D eigenvalue weighted by molar-refractivity contribution is 7.15. The Bertz CT molecular complexity index is 542. The molecule has 108 valence electrons. The van der Waals surface area contributed by atoms with Crippen molar-refractivity contribution in [1.82, 2.24) is 9.88 Å². The summed E-state index contributed by atoms with van der Waals surface area (Å²) in [6.45, 7) is 1.27. The standard InChI is InChI=1S/C13H16ClN3O2S/c14-5-3-11(18)17-6-4-9-10(7-17)20-13(15-9)16-12(19)8-1-2-8/h8H,1-7H2,(H,15,16,19). The maximum absolute atomic E-state index is 11.8. The number of carbonyl (C=O) groups excluding carboxylic acids is 2. The molecule has 0 saturated heterocycles. The summed E-state index contributed by atoms with van der Waals surface area (Å²) in [4.78, 5) is 30.9. The van der Waals surface area contributed by atoms with Gasteiger partial charge in [-0.05, 0) is 12.8 Å². The highest BCUT2D eigenvalue weighted by Gasteiger charge is 2.31. The van der Waals surface area contributed by atoms with Gasteiger partial charge >= 0.3 is 0 Å². The minimum Gasteiger partial charge on any atom is -0.337 e. The van der Waals surface area contributed by atoms with Gasteiger partial charge in [0.25, 0.3) is 0 Å². The van der Waals surface area contributed by atoms with Gasteiger partial charge in [-0.2, -0.15) is 0 Å². The molecule has 20 heavy (non-hydrogen) atoms. The van der Waals surface area contributed by atoms with Gasteiger partial charge < -0.3 is 10.2 Å². The lowest BCUT2D eigenvalue weighted by Gasteiger charge is -2.25. The fraction of sp³-hybridized carbons (Fsp3) is 0.615. The molecule has 0 atom stereocenters. The molecule has 2 heterocycles. The Hall–Kier alpha value is -1.14. The van der Waals surface area contributed by atoms with Crippen LogP contribution in [0.3, 0.4) is 0 Å². The monoisotopic (exact) mass is 313 g/mol. The molecular formula is C13H16ClN3O2S. The normalized spacial score (nSPS) is 17.8. The zero-order valence-electron chi connectivity index (χ0n) is 11.0. The third kappa shape index (κ3) is 2.96. The summed E-state index contributed by atoms with van der Waals surface area (Å²) in [5, 5.41) is 3.54. The number of nitrogens with zero attached hydrogens (tertiary/aromatic N) is 2. The molecule has 0 unspecified atom stereocenters. The average molecular weight is 314 g/mol. The fourth-order valence-electron chi connectivity index (χ4n) is 2.25. The van der Waals surface area contributed by atoms with Crippen molar-refractivity contribution in [3.8, 4) is 0 Å². The molecule has 1 aliphatic heterocycles. The number of hydrogen-bond donors (Lipinski definition) is 1. The lowest BCUT2D eigenvalue weighted by Crippen LogP contribution is -2.35. The predicted octanol–water partition coefficient (Wildman–Crippen LogP) is 2.01. The zero-order chi connectivity index (χ0) is 14.1. The number of hydrogen-bond acceptors (Lipinski definition) is 4. The molecule has 3 rings (SSSR count). The van der Waals surface area contributed by atoms with Crippen LogP contribution in [0.4, 0.5) is 5.13 Å². The van der Waals surface area contributed by atoms with Crippen LogP contribution in [0.25, 0.3) is 0 Å². The minimum absolute atomic E-state index is 0.0752. The van der Waals surface area contributed by atoms with Gasteiger partial charge in [-0.15, -0.1) is 11.6 Å². The summed E-state index contributed by atoms with van der Waals surface area (Å²) in [6, 6.07) is 0. The van der Waals surface area contributed by atoms with E-state index in [2.05, 4.69) is 10.3 Å². The van der Waals surface area contributed by atoms with Crippen molar-refractivity contribution in [1.29, 1.82) is 0 Å². The first kappa shape index (κ1) is 13.8. The molecule has 7 heteroatoms. The van der Waals surface area contributed by atoms with Crippen LogP contribution in [-0.4, -0.2) is 34.1 Å². The zero-order valence-corrected chi connectivity index (χ0v) is 12.6. The summed E-state index contributed by atoms with van der Waals surface area (Å²) in [7, 11) is 0. The Balaban J connectivity index is 1.65. The van der Waals surface area contributed by atoms with Gasteiger partial charge in [-0.25, -0.2) is 4.98 Å². The molecule has 1 aromatic rings. The topological polar surface area (TPSA) is 62.3 Å². The van der Waals surface area contributed by atoms with Crippen molar-refractivity contribution in [2.45, 2.75) is 32.2 Å². The summed E-state index contributed by atoms with van der Waals surface area (Å²) in [5.41, 5.74) is 1.01. The van der Waals surface area contributed by atoms with Crippen LogP contribution in [0.5, 0.6) is 0 Å². The quantitative estimate of drug-likeness (QED) is 0.865. The van der Waals surface area contributed by atoms with Gasteiger partial charge in [0.05, 0.1) is 12.2 Å². The number of anilines is 1. The first-order chi connectivity index (χ1) is 9.67. The minimum atomic E-state index is 0.0752. The van der Waals surface area contributed by atoms with Gasteiger partial charge in [0.15, 0.2) is 5.13 Å². The second-order valence-electron chi connectivity index (χ2n) is 5.16. The van der Waals surface area contributed by atoms with E-state index in [1.165, 1.54) is 11.3 Å². The van der Waals surface area contributed by atoms with Crippen LogP contribution in [-0.2, 0) is 22.6 Å². The second-order valence-corrected chi connectivity index (χ2v) is 6.62. The van der Waals surface area contributed by atoms with E-state index in [0.29, 0.717) is 30.5 Å². The molecule has 2 amide bonds. The number of nitrogens with one attached hydrogen (secondary N) is 1. The molecular weight excluding hydrogens is 298 g/mol. The average Bonchev–Trinajstić information content (AvgIpc) is 3.19. The fourth-order valence-corrected chi connectivity index (χ4v) is 3.44. The molecule has 0 bridgehead atoms. The highest BCUT2D eigenvalue weighted by atomic mass is 35.5. The van der Waals surface area contributed by atoms with Crippen molar-refractivity contribution >= 4 is 39.9 Å². The van der Waals surface area contributed by atoms with E-state index >= 15 is 0 Å². The van der Waals surface area contributed by atoms with Gasteiger partial charge in [-0.3, -0.25) is 9.59 Å². The van der Waals surface area contributed by atoms with E-state index in [9.17, 15) is 9.59 Å². The van der Waals surface area contributed by atoms with Crippen LogP contribution in [0.15, 0.2) is 0 Å². The Morgan fingerprint density at radius 2 is 2.25 bits per heavy atom. The predicted molar refractivity (Wildman–Crippen MR) is 77.9 cm³/mol. The van der Waals surface area contributed by atoms with Gasteiger partial charge in [-0.1, -0.05) is 11.3 Å². The molecule has 0 radical (unpaired) electrons. The number of alkyl halides is 1. The van der Waals surface area contributed by atoms with Gasteiger partial charge in [0, 0.05) is 36.1 Å². The summed E-state index contributed by atoms with van der Waals surface area (Å²) >= 11 is 7.09. The van der Waals surface area contributed by atoms with Crippen LogP contribution in [0.2, 0.25) is 0 Å². The molecule has 1 aliphatic carbocycles. The Kier molecular flexibility index (Phi) is 3.94. The Labute approximate surface area is 126 Å². The van der Waals surface area contributed by atoms with Crippen molar-refractivity contribution in [2.24, 2.45) is 5.92 Å².